The number of rotatable bonds is 7. The zero-order valence-corrected chi connectivity index (χ0v) is 13.2. The molecular weight excluding hydrogens is 282 g/mol. The van der Waals surface area contributed by atoms with Crippen LogP contribution in [0.2, 0.25) is 0 Å². The zero-order chi connectivity index (χ0) is 15.6. The number of carbonyl (C=O) groups is 1. The van der Waals surface area contributed by atoms with Crippen molar-refractivity contribution in [3.8, 4) is 0 Å². The molecule has 5 heteroatoms. The van der Waals surface area contributed by atoms with E-state index in [2.05, 4.69) is 6.92 Å². The monoisotopic (exact) mass is 307 g/mol. The first kappa shape index (κ1) is 16.8. The molecule has 1 amide bonds. The summed E-state index contributed by atoms with van der Waals surface area (Å²) in [6.07, 6.45) is 1.59. The minimum atomic E-state index is -0.246. The van der Waals surface area contributed by atoms with E-state index in [9.17, 15) is 4.79 Å². The Morgan fingerprint density at radius 1 is 1.36 bits per heavy atom. The van der Waals surface area contributed by atoms with Gasteiger partial charge in [0, 0.05) is 6.54 Å². The van der Waals surface area contributed by atoms with E-state index >= 15 is 0 Å². The maximum atomic E-state index is 11.9. The topological polar surface area (TPSA) is 48.0 Å². The molecule has 1 aromatic rings. The Morgan fingerprint density at radius 2 is 2.18 bits per heavy atom. The molecule has 1 aliphatic rings. The Bertz CT molecular complexity index is 438. The van der Waals surface area contributed by atoms with Crippen molar-refractivity contribution < 1.29 is 19.0 Å². The van der Waals surface area contributed by atoms with Gasteiger partial charge in [-0.15, -0.1) is 0 Å². The number of carbonyl (C=O) groups excluding carboxylic acids is 1. The fourth-order valence-corrected chi connectivity index (χ4v) is 2.26. The van der Waals surface area contributed by atoms with Crippen LogP contribution in [0.5, 0.6) is 0 Å². The molecule has 1 saturated heterocycles. The van der Waals surface area contributed by atoms with Gasteiger partial charge in [-0.05, 0) is 12.0 Å². The van der Waals surface area contributed by atoms with Crippen molar-refractivity contribution >= 4 is 6.09 Å². The van der Waals surface area contributed by atoms with E-state index in [0.717, 1.165) is 18.4 Å². The van der Waals surface area contributed by atoms with E-state index in [4.69, 9.17) is 14.2 Å². The van der Waals surface area contributed by atoms with E-state index in [1.165, 1.54) is 0 Å². The molecule has 0 bridgehead atoms. The summed E-state index contributed by atoms with van der Waals surface area (Å²) in [4.78, 5) is 13.6. The molecule has 0 spiro atoms. The van der Waals surface area contributed by atoms with Crippen LogP contribution < -0.4 is 0 Å². The lowest BCUT2D eigenvalue weighted by molar-refractivity contribution is -0.0686. The second kappa shape index (κ2) is 9.43. The number of nitrogens with zero attached hydrogens (tertiary/aromatic N) is 1. The van der Waals surface area contributed by atoms with Crippen LogP contribution in [0.15, 0.2) is 30.3 Å². The van der Waals surface area contributed by atoms with Crippen molar-refractivity contribution in [2.75, 3.05) is 32.9 Å². The number of benzene rings is 1. The van der Waals surface area contributed by atoms with Crippen molar-refractivity contribution in [1.29, 1.82) is 0 Å². The maximum Gasteiger partial charge on any atom is 0.409 e. The van der Waals surface area contributed by atoms with Gasteiger partial charge in [-0.25, -0.2) is 4.79 Å². The van der Waals surface area contributed by atoms with E-state index in [1.807, 2.05) is 30.3 Å². The Balaban J connectivity index is 1.68. The Hall–Kier alpha value is -1.59. The molecule has 2 rings (SSSR count). The smallest absolute Gasteiger partial charge is 0.409 e. The molecule has 122 valence electrons. The highest BCUT2D eigenvalue weighted by molar-refractivity contribution is 5.67. The van der Waals surface area contributed by atoms with Crippen molar-refractivity contribution in [1.82, 2.24) is 4.90 Å². The van der Waals surface area contributed by atoms with Crippen LogP contribution in [0.25, 0.3) is 0 Å². The predicted octanol–water partition coefficient (Wildman–Crippen LogP) is 2.84. The number of ether oxygens (including phenoxy) is 3. The number of hydrogen-bond acceptors (Lipinski definition) is 4. The van der Waals surface area contributed by atoms with E-state index in [1.54, 1.807) is 4.90 Å². The molecule has 1 heterocycles. The fourth-order valence-electron chi connectivity index (χ4n) is 2.26. The normalized spacial score (nSPS) is 18.2. The molecule has 0 aromatic heterocycles. The summed E-state index contributed by atoms with van der Waals surface area (Å²) in [5, 5.41) is 0. The molecule has 1 aromatic carbocycles. The Morgan fingerprint density at radius 3 is 2.95 bits per heavy atom. The summed E-state index contributed by atoms with van der Waals surface area (Å²) in [5.41, 5.74) is 1.13. The van der Waals surface area contributed by atoms with Crippen LogP contribution in [-0.2, 0) is 20.8 Å². The quantitative estimate of drug-likeness (QED) is 0.727. The van der Waals surface area contributed by atoms with Crippen LogP contribution >= 0.6 is 0 Å². The molecule has 1 unspecified atom stereocenters. The highest BCUT2D eigenvalue weighted by Gasteiger charge is 2.25. The van der Waals surface area contributed by atoms with Crippen molar-refractivity contribution in [3.05, 3.63) is 35.9 Å². The summed E-state index contributed by atoms with van der Waals surface area (Å²) in [7, 11) is 0. The van der Waals surface area contributed by atoms with Gasteiger partial charge in [0.1, 0.15) is 0 Å². The second-order valence-corrected chi connectivity index (χ2v) is 5.41. The first-order valence-electron chi connectivity index (χ1n) is 7.94. The molecular formula is C17H25NO4. The number of hydrogen-bond donors (Lipinski definition) is 0. The molecule has 0 N–H and O–H groups in total. The maximum absolute atomic E-state index is 11.9. The van der Waals surface area contributed by atoms with Crippen LogP contribution in [0, 0.1) is 0 Å². The number of unbranched alkanes of at least 4 members (excludes halogenated alkanes) is 1. The standard InChI is InChI=1S/C17H25NO4/c1-2-3-10-22-17(19)18-9-11-21-16(12-18)14-20-13-15-7-5-4-6-8-15/h4-8,16H,2-3,9-14H2,1H3. The van der Waals surface area contributed by atoms with Crippen LogP contribution in [0.4, 0.5) is 4.79 Å². The van der Waals surface area contributed by atoms with Gasteiger partial charge in [-0.2, -0.15) is 0 Å². The number of amides is 1. The summed E-state index contributed by atoms with van der Waals surface area (Å²) < 4.78 is 16.6. The first-order chi connectivity index (χ1) is 10.8. The minimum Gasteiger partial charge on any atom is -0.449 e. The first-order valence-corrected chi connectivity index (χ1v) is 7.94. The van der Waals surface area contributed by atoms with E-state index in [-0.39, 0.29) is 12.2 Å². The highest BCUT2D eigenvalue weighted by Crippen LogP contribution is 2.09. The van der Waals surface area contributed by atoms with Gasteiger partial charge in [0.15, 0.2) is 0 Å². The van der Waals surface area contributed by atoms with E-state index in [0.29, 0.717) is 39.5 Å². The molecule has 0 aliphatic carbocycles. The van der Waals surface area contributed by atoms with Crippen LogP contribution in [0.3, 0.4) is 0 Å². The molecule has 1 atom stereocenters. The summed E-state index contributed by atoms with van der Waals surface area (Å²) in [5.74, 6) is 0. The molecule has 1 aliphatic heterocycles. The minimum absolute atomic E-state index is 0.0869. The molecule has 0 radical (unpaired) electrons. The van der Waals surface area contributed by atoms with Gasteiger partial charge in [0.05, 0.1) is 39.1 Å². The van der Waals surface area contributed by atoms with Crippen LogP contribution in [0.1, 0.15) is 25.3 Å². The SMILES string of the molecule is CCCCOC(=O)N1CCOC(COCc2ccccc2)C1. The third-order valence-corrected chi connectivity index (χ3v) is 3.54. The van der Waals surface area contributed by atoms with Crippen molar-refractivity contribution in [2.24, 2.45) is 0 Å². The van der Waals surface area contributed by atoms with Crippen LogP contribution in [-0.4, -0.2) is 50.0 Å². The van der Waals surface area contributed by atoms with Gasteiger partial charge in [0.25, 0.3) is 0 Å². The summed E-state index contributed by atoms with van der Waals surface area (Å²) in [6.45, 7) is 5.24. The van der Waals surface area contributed by atoms with Crippen molar-refractivity contribution in [3.63, 3.8) is 0 Å². The van der Waals surface area contributed by atoms with Crippen molar-refractivity contribution in [2.45, 2.75) is 32.5 Å². The van der Waals surface area contributed by atoms with E-state index < -0.39 is 0 Å². The Kier molecular flexibility index (Phi) is 7.19. The highest BCUT2D eigenvalue weighted by atomic mass is 16.6. The third kappa shape index (κ3) is 5.66. The summed E-state index contributed by atoms with van der Waals surface area (Å²) >= 11 is 0. The lowest BCUT2D eigenvalue weighted by Gasteiger charge is -2.32. The molecule has 5 nitrogen and oxygen atoms in total. The molecule has 0 saturated carbocycles. The third-order valence-electron chi connectivity index (χ3n) is 3.54. The lowest BCUT2D eigenvalue weighted by Crippen LogP contribution is -2.47. The molecule has 22 heavy (non-hydrogen) atoms. The second-order valence-electron chi connectivity index (χ2n) is 5.41. The van der Waals surface area contributed by atoms with Gasteiger partial charge in [-0.3, -0.25) is 0 Å². The average Bonchev–Trinajstić information content (AvgIpc) is 2.56. The molecule has 1 fully saturated rings. The lowest BCUT2D eigenvalue weighted by atomic mass is 10.2. The zero-order valence-electron chi connectivity index (χ0n) is 13.2. The largest absolute Gasteiger partial charge is 0.449 e. The fraction of sp³-hybridized carbons (Fsp3) is 0.588. The predicted molar refractivity (Wildman–Crippen MR) is 83.7 cm³/mol. The van der Waals surface area contributed by atoms with Gasteiger partial charge in [-0.1, -0.05) is 43.7 Å². The van der Waals surface area contributed by atoms with Gasteiger partial charge < -0.3 is 19.1 Å². The average molecular weight is 307 g/mol. The van der Waals surface area contributed by atoms with Gasteiger partial charge >= 0.3 is 6.09 Å². The number of morpholine rings is 1. The van der Waals surface area contributed by atoms with Gasteiger partial charge in [0.2, 0.25) is 0 Å². The Labute approximate surface area is 132 Å². The summed E-state index contributed by atoms with van der Waals surface area (Å²) in [6, 6.07) is 10.0.